The molecule has 0 spiro atoms. The van der Waals surface area contributed by atoms with Gasteiger partial charge in [-0.2, -0.15) is 0 Å². The zero-order valence-electron chi connectivity index (χ0n) is 11.6. The van der Waals surface area contributed by atoms with Crippen molar-refractivity contribution in [1.82, 2.24) is 5.32 Å². The molecule has 0 saturated heterocycles. The lowest BCUT2D eigenvalue weighted by atomic mass is 9.89. The molecule has 0 amide bonds. The number of anilines is 1. The van der Waals surface area contributed by atoms with E-state index < -0.39 is 0 Å². The molecule has 0 unspecified atom stereocenters. The van der Waals surface area contributed by atoms with Crippen LogP contribution in [0.25, 0.3) is 0 Å². The smallest absolute Gasteiger partial charge is 0.0346 e. The standard InChI is InChI=1S/C15H26N2/c1-5-15(6-2,7-3)17-11-13-9-8-12(4)14(16)10-13/h8-10,17H,5-7,11,16H2,1-4H3. The monoisotopic (exact) mass is 234 g/mol. The Morgan fingerprint density at radius 3 is 2.18 bits per heavy atom. The summed E-state index contributed by atoms with van der Waals surface area (Å²) in [4.78, 5) is 0. The molecular weight excluding hydrogens is 208 g/mol. The topological polar surface area (TPSA) is 38.0 Å². The highest BCUT2D eigenvalue weighted by Crippen LogP contribution is 2.20. The van der Waals surface area contributed by atoms with Crippen molar-refractivity contribution in [1.29, 1.82) is 0 Å². The van der Waals surface area contributed by atoms with Gasteiger partial charge in [0.15, 0.2) is 0 Å². The number of aryl methyl sites for hydroxylation is 1. The molecular formula is C15H26N2. The van der Waals surface area contributed by atoms with E-state index in [0.29, 0.717) is 0 Å². The molecule has 0 aliphatic rings. The maximum Gasteiger partial charge on any atom is 0.0346 e. The first-order valence-electron chi connectivity index (χ1n) is 6.67. The van der Waals surface area contributed by atoms with Crippen LogP contribution < -0.4 is 11.1 Å². The molecule has 0 aliphatic heterocycles. The zero-order valence-corrected chi connectivity index (χ0v) is 11.6. The Morgan fingerprint density at radius 1 is 1.12 bits per heavy atom. The predicted octanol–water partition coefficient (Wildman–Crippen LogP) is 3.64. The van der Waals surface area contributed by atoms with Gasteiger partial charge in [-0.15, -0.1) is 0 Å². The minimum absolute atomic E-state index is 0.277. The van der Waals surface area contributed by atoms with Gasteiger partial charge in [0.05, 0.1) is 0 Å². The average molecular weight is 234 g/mol. The molecule has 0 aromatic heterocycles. The molecule has 0 heterocycles. The number of benzene rings is 1. The van der Waals surface area contributed by atoms with Crippen molar-refractivity contribution in [3.63, 3.8) is 0 Å². The molecule has 17 heavy (non-hydrogen) atoms. The summed E-state index contributed by atoms with van der Waals surface area (Å²) in [5.74, 6) is 0. The number of nitrogens with two attached hydrogens (primary N) is 1. The highest BCUT2D eigenvalue weighted by atomic mass is 15.0. The van der Waals surface area contributed by atoms with Gasteiger partial charge in [0.1, 0.15) is 0 Å². The van der Waals surface area contributed by atoms with E-state index in [9.17, 15) is 0 Å². The van der Waals surface area contributed by atoms with Crippen LogP contribution in [-0.2, 0) is 6.54 Å². The summed E-state index contributed by atoms with van der Waals surface area (Å²) < 4.78 is 0. The van der Waals surface area contributed by atoms with Crippen LogP contribution in [0.2, 0.25) is 0 Å². The first-order valence-corrected chi connectivity index (χ1v) is 6.67. The normalized spacial score (nSPS) is 11.8. The molecule has 0 bridgehead atoms. The molecule has 96 valence electrons. The second-order valence-electron chi connectivity index (χ2n) is 4.89. The van der Waals surface area contributed by atoms with Gasteiger partial charge in [0.2, 0.25) is 0 Å². The second kappa shape index (κ2) is 6.06. The fraction of sp³-hybridized carbons (Fsp3) is 0.600. The van der Waals surface area contributed by atoms with Crippen LogP contribution >= 0.6 is 0 Å². The average Bonchev–Trinajstić information content (AvgIpc) is 2.36. The zero-order chi connectivity index (χ0) is 12.9. The van der Waals surface area contributed by atoms with Gasteiger partial charge in [0, 0.05) is 17.8 Å². The van der Waals surface area contributed by atoms with Crippen molar-refractivity contribution in [3.05, 3.63) is 29.3 Å². The van der Waals surface area contributed by atoms with Crippen molar-refractivity contribution in [2.24, 2.45) is 0 Å². The lowest BCUT2D eigenvalue weighted by Crippen LogP contribution is -2.43. The van der Waals surface area contributed by atoms with Gasteiger partial charge in [-0.1, -0.05) is 32.9 Å². The largest absolute Gasteiger partial charge is 0.399 e. The Hall–Kier alpha value is -1.02. The summed E-state index contributed by atoms with van der Waals surface area (Å²) in [5, 5.41) is 3.69. The molecule has 0 aliphatic carbocycles. The number of nitrogen functional groups attached to an aromatic ring is 1. The third kappa shape index (κ3) is 3.47. The first kappa shape index (κ1) is 14.0. The lowest BCUT2D eigenvalue weighted by molar-refractivity contribution is 0.288. The van der Waals surface area contributed by atoms with Crippen molar-refractivity contribution in [2.75, 3.05) is 5.73 Å². The molecule has 3 N–H and O–H groups in total. The Balaban J connectivity index is 2.68. The quantitative estimate of drug-likeness (QED) is 0.738. The van der Waals surface area contributed by atoms with Crippen LogP contribution in [0.3, 0.4) is 0 Å². The molecule has 0 radical (unpaired) electrons. The minimum atomic E-state index is 0.277. The van der Waals surface area contributed by atoms with Gasteiger partial charge < -0.3 is 11.1 Å². The SMILES string of the molecule is CCC(CC)(CC)NCc1ccc(C)c(N)c1. The van der Waals surface area contributed by atoms with Crippen molar-refractivity contribution in [2.45, 2.75) is 59.0 Å². The van der Waals surface area contributed by atoms with Crippen LogP contribution in [0.4, 0.5) is 5.69 Å². The highest BCUT2D eigenvalue weighted by Gasteiger charge is 2.22. The Bertz CT molecular complexity index is 346. The Morgan fingerprint density at radius 2 is 1.71 bits per heavy atom. The summed E-state index contributed by atoms with van der Waals surface area (Å²) >= 11 is 0. The van der Waals surface area contributed by atoms with Gasteiger partial charge in [-0.3, -0.25) is 0 Å². The van der Waals surface area contributed by atoms with Gasteiger partial charge in [-0.25, -0.2) is 0 Å². The van der Waals surface area contributed by atoms with E-state index in [1.165, 1.54) is 24.8 Å². The maximum absolute atomic E-state index is 5.93. The van der Waals surface area contributed by atoms with E-state index in [4.69, 9.17) is 5.73 Å². The van der Waals surface area contributed by atoms with Crippen molar-refractivity contribution >= 4 is 5.69 Å². The van der Waals surface area contributed by atoms with Crippen LogP contribution in [-0.4, -0.2) is 5.54 Å². The summed E-state index contributed by atoms with van der Waals surface area (Å²) in [7, 11) is 0. The third-order valence-corrected chi connectivity index (χ3v) is 4.04. The number of nitrogens with one attached hydrogen (secondary N) is 1. The Labute approximate surface area is 106 Å². The molecule has 1 aromatic rings. The molecule has 2 nitrogen and oxygen atoms in total. The first-order chi connectivity index (χ1) is 8.06. The van der Waals surface area contributed by atoms with Gasteiger partial charge >= 0.3 is 0 Å². The molecule has 2 heteroatoms. The molecule has 1 rings (SSSR count). The van der Waals surface area contributed by atoms with Crippen LogP contribution in [0, 0.1) is 6.92 Å². The van der Waals surface area contributed by atoms with Crippen molar-refractivity contribution < 1.29 is 0 Å². The number of rotatable bonds is 6. The molecule has 1 aromatic carbocycles. The second-order valence-corrected chi connectivity index (χ2v) is 4.89. The van der Waals surface area contributed by atoms with Gasteiger partial charge in [0.25, 0.3) is 0 Å². The summed E-state index contributed by atoms with van der Waals surface area (Å²) in [6.07, 6.45) is 3.50. The minimum Gasteiger partial charge on any atom is -0.399 e. The third-order valence-electron chi connectivity index (χ3n) is 4.04. The molecule has 0 saturated carbocycles. The molecule has 0 fully saturated rings. The van der Waals surface area contributed by atoms with E-state index in [2.05, 4.69) is 44.3 Å². The number of hydrogen-bond acceptors (Lipinski definition) is 2. The van der Waals surface area contributed by atoms with Crippen LogP contribution in [0.5, 0.6) is 0 Å². The predicted molar refractivity (Wildman–Crippen MR) is 76.0 cm³/mol. The maximum atomic E-state index is 5.93. The fourth-order valence-electron chi connectivity index (χ4n) is 2.21. The Kier molecular flexibility index (Phi) is 5.01. The highest BCUT2D eigenvalue weighted by molar-refractivity contribution is 5.48. The van der Waals surface area contributed by atoms with E-state index in [-0.39, 0.29) is 5.54 Å². The lowest BCUT2D eigenvalue weighted by Gasteiger charge is -2.32. The summed E-state index contributed by atoms with van der Waals surface area (Å²) in [5.41, 5.74) is 9.52. The van der Waals surface area contributed by atoms with Gasteiger partial charge in [-0.05, 0) is 43.4 Å². The van der Waals surface area contributed by atoms with Crippen molar-refractivity contribution in [3.8, 4) is 0 Å². The fourth-order valence-corrected chi connectivity index (χ4v) is 2.21. The molecule has 0 atom stereocenters. The number of hydrogen-bond donors (Lipinski definition) is 2. The van der Waals surface area contributed by atoms with Crippen LogP contribution in [0.1, 0.15) is 51.2 Å². The van der Waals surface area contributed by atoms with E-state index in [1.807, 2.05) is 6.92 Å². The van der Waals surface area contributed by atoms with Crippen LogP contribution in [0.15, 0.2) is 18.2 Å². The summed E-state index contributed by atoms with van der Waals surface area (Å²) in [6, 6.07) is 6.33. The van der Waals surface area contributed by atoms with E-state index in [1.54, 1.807) is 0 Å². The summed E-state index contributed by atoms with van der Waals surface area (Å²) in [6.45, 7) is 9.71. The van der Waals surface area contributed by atoms with E-state index >= 15 is 0 Å². The van der Waals surface area contributed by atoms with E-state index in [0.717, 1.165) is 17.8 Å².